The Morgan fingerprint density at radius 3 is 2.42 bits per heavy atom. The predicted octanol–water partition coefficient (Wildman–Crippen LogP) is 4.68. The highest BCUT2D eigenvalue weighted by Gasteiger charge is 2.08. The van der Waals surface area contributed by atoms with E-state index in [-0.39, 0.29) is 5.91 Å². The van der Waals surface area contributed by atoms with Gasteiger partial charge in [-0.2, -0.15) is 0 Å². The number of amides is 1. The number of rotatable bonds is 5. The first-order valence-corrected chi connectivity index (χ1v) is 8.66. The third-order valence-corrected chi connectivity index (χ3v) is 4.45. The van der Waals surface area contributed by atoms with Gasteiger partial charge in [0.05, 0.1) is 11.9 Å². The van der Waals surface area contributed by atoms with Crippen molar-refractivity contribution < 1.29 is 4.79 Å². The van der Waals surface area contributed by atoms with Crippen molar-refractivity contribution in [2.24, 2.45) is 0 Å². The molecule has 0 saturated heterocycles. The molecular formula is C22H23N3O. The highest BCUT2D eigenvalue weighted by atomic mass is 16.1. The number of pyridine rings is 1. The van der Waals surface area contributed by atoms with Gasteiger partial charge in [0, 0.05) is 12.2 Å². The lowest BCUT2D eigenvalue weighted by Crippen LogP contribution is -2.23. The number of carbonyl (C=O) groups is 1. The SMILES string of the molecule is Cc1ccc(CNC(=O)c2ccc(Nc3cccc(C)c3C)cn2)cc1. The van der Waals surface area contributed by atoms with Crippen LogP contribution in [0, 0.1) is 20.8 Å². The Balaban J connectivity index is 1.62. The molecule has 2 aromatic carbocycles. The molecule has 0 radical (unpaired) electrons. The van der Waals surface area contributed by atoms with E-state index < -0.39 is 0 Å². The van der Waals surface area contributed by atoms with E-state index in [9.17, 15) is 4.79 Å². The molecular weight excluding hydrogens is 322 g/mol. The Kier molecular flexibility index (Phi) is 5.32. The van der Waals surface area contributed by atoms with Crippen LogP contribution >= 0.6 is 0 Å². The Morgan fingerprint density at radius 2 is 1.73 bits per heavy atom. The first kappa shape index (κ1) is 17.7. The van der Waals surface area contributed by atoms with Crippen molar-refractivity contribution in [2.75, 3.05) is 5.32 Å². The second-order valence-electron chi connectivity index (χ2n) is 6.47. The number of hydrogen-bond donors (Lipinski definition) is 2. The lowest BCUT2D eigenvalue weighted by atomic mass is 10.1. The molecule has 0 fully saturated rings. The topological polar surface area (TPSA) is 54.0 Å². The summed E-state index contributed by atoms with van der Waals surface area (Å²) in [5.41, 5.74) is 7.01. The summed E-state index contributed by atoms with van der Waals surface area (Å²) in [5, 5.41) is 6.25. The third-order valence-electron chi connectivity index (χ3n) is 4.45. The summed E-state index contributed by atoms with van der Waals surface area (Å²) < 4.78 is 0. The van der Waals surface area contributed by atoms with Gasteiger partial charge in [0.2, 0.25) is 0 Å². The summed E-state index contributed by atoms with van der Waals surface area (Å²) >= 11 is 0. The molecule has 0 spiro atoms. The van der Waals surface area contributed by atoms with E-state index in [0.29, 0.717) is 12.2 Å². The monoisotopic (exact) mass is 345 g/mol. The number of anilines is 2. The minimum absolute atomic E-state index is 0.177. The number of benzene rings is 2. The zero-order valence-corrected chi connectivity index (χ0v) is 15.3. The maximum atomic E-state index is 12.3. The molecule has 1 amide bonds. The normalized spacial score (nSPS) is 10.4. The smallest absolute Gasteiger partial charge is 0.270 e. The fraction of sp³-hybridized carbons (Fsp3) is 0.182. The van der Waals surface area contributed by atoms with Gasteiger partial charge in [-0.1, -0.05) is 42.0 Å². The lowest BCUT2D eigenvalue weighted by molar-refractivity contribution is 0.0946. The summed E-state index contributed by atoms with van der Waals surface area (Å²) in [6, 6.07) is 17.8. The molecule has 2 N–H and O–H groups in total. The van der Waals surface area contributed by atoms with Gasteiger partial charge in [0.25, 0.3) is 5.91 Å². The molecule has 0 saturated carbocycles. The van der Waals surface area contributed by atoms with Crippen LogP contribution in [0.4, 0.5) is 11.4 Å². The van der Waals surface area contributed by atoms with Crippen molar-refractivity contribution in [1.29, 1.82) is 0 Å². The maximum absolute atomic E-state index is 12.3. The average Bonchev–Trinajstić information content (AvgIpc) is 2.65. The molecule has 1 heterocycles. The molecule has 0 atom stereocenters. The molecule has 4 nitrogen and oxygen atoms in total. The molecule has 0 bridgehead atoms. The van der Waals surface area contributed by atoms with Gasteiger partial charge in [-0.25, -0.2) is 4.98 Å². The van der Waals surface area contributed by atoms with E-state index in [1.165, 1.54) is 16.7 Å². The average molecular weight is 345 g/mol. The number of aryl methyl sites for hydroxylation is 2. The predicted molar refractivity (Wildman–Crippen MR) is 106 cm³/mol. The second-order valence-corrected chi connectivity index (χ2v) is 6.47. The zero-order chi connectivity index (χ0) is 18.5. The first-order valence-electron chi connectivity index (χ1n) is 8.66. The summed E-state index contributed by atoms with van der Waals surface area (Å²) in [4.78, 5) is 16.5. The maximum Gasteiger partial charge on any atom is 0.270 e. The zero-order valence-electron chi connectivity index (χ0n) is 15.3. The largest absolute Gasteiger partial charge is 0.354 e. The van der Waals surface area contributed by atoms with Crippen LogP contribution in [-0.4, -0.2) is 10.9 Å². The van der Waals surface area contributed by atoms with Crippen LogP contribution in [0.3, 0.4) is 0 Å². The van der Waals surface area contributed by atoms with Crippen molar-refractivity contribution in [1.82, 2.24) is 10.3 Å². The van der Waals surface area contributed by atoms with Crippen molar-refractivity contribution in [3.05, 3.63) is 88.7 Å². The Labute approximate surface area is 154 Å². The van der Waals surface area contributed by atoms with Crippen LogP contribution in [0.2, 0.25) is 0 Å². The van der Waals surface area contributed by atoms with E-state index in [1.54, 1.807) is 12.3 Å². The van der Waals surface area contributed by atoms with E-state index >= 15 is 0 Å². The highest BCUT2D eigenvalue weighted by Crippen LogP contribution is 2.22. The molecule has 0 aliphatic heterocycles. The fourth-order valence-corrected chi connectivity index (χ4v) is 2.62. The molecule has 0 aliphatic carbocycles. The molecule has 0 aliphatic rings. The first-order chi connectivity index (χ1) is 12.5. The van der Waals surface area contributed by atoms with Crippen molar-refractivity contribution in [3.63, 3.8) is 0 Å². The van der Waals surface area contributed by atoms with Crippen LogP contribution < -0.4 is 10.6 Å². The van der Waals surface area contributed by atoms with Gasteiger partial charge in [0.1, 0.15) is 5.69 Å². The van der Waals surface area contributed by atoms with Crippen molar-refractivity contribution in [2.45, 2.75) is 27.3 Å². The number of aromatic nitrogens is 1. The van der Waals surface area contributed by atoms with Gasteiger partial charge >= 0.3 is 0 Å². The number of nitrogens with zero attached hydrogens (tertiary/aromatic N) is 1. The van der Waals surface area contributed by atoms with Gasteiger partial charge < -0.3 is 10.6 Å². The summed E-state index contributed by atoms with van der Waals surface area (Å²) in [7, 11) is 0. The lowest BCUT2D eigenvalue weighted by Gasteiger charge is -2.11. The summed E-state index contributed by atoms with van der Waals surface area (Å²) in [6.07, 6.45) is 1.68. The minimum Gasteiger partial charge on any atom is -0.354 e. The molecule has 1 aromatic heterocycles. The van der Waals surface area contributed by atoms with E-state index in [4.69, 9.17) is 0 Å². The molecule has 4 heteroatoms. The summed E-state index contributed by atoms with van der Waals surface area (Å²) in [6.45, 7) is 6.70. The Hall–Kier alpha value is -3.14. The van der Waals surface area contributed by atoms with Gasteiger partial charge in [-0.3, -0.25) is 4.79 Å². The molecule has 26 heavy (non-hydrogen) atoms. The standard InChI is InChI=1S/C22H23N3O/c1-15-7-9-18(10-8-15)13-24-22(26)21-12-11-19(14-23-21)25-20-6-4-5-16(2)17(20)3/h4-12,14,25H,13H2,1-3H3,(H,24,26). The second kappa shape index (κ2) is 7.83. The third kappa shape index (κ3) is 4.28. The van der Waals surface area contributed by atoms with Crippen LogP contribution in [0.15, 0.2) is 60.8 Å². The molecule has 3 aromatic rings. The molecule has 3 rings (SSSR count). The van der Waals surface area contributed by atoms with E-state index in [2.05, 4.69) is 35.5 Å². The van der Waals surface area contributed by atoms with Gasteiger partial charge in [0.15, 0.2) is 0 Å². The van der Waals surface area contributed by atoms with E-state index in [1.807, 2.05) is 49.4 Å². The van der Waals surface area contributed by atoms with Crippen molar-refractivity contribution in [3.8, 4) is 0 Å². The highest BCUT2D eigenvalue weighted by molar-refractivity contribution is 5.92. The molecule has 0 unspecified atom stereocenters. The van der Waals surface area contributed by atoms with Crippen LogP contribution in [-0.2, 0) is 6.54 Å². The van der Waals surface area contributed by atoms with Gasteiger partial charge in [-0.15, -0.1) is 0 Å². The van der Waals surface area contributed by atoms with Gasteiger partial charge in [-0.05, 0) is 55.7 Å². The minimum atomic E-state index is -0.177. The number of hydrogen-bond acceptors (Lipinski definition) is 3. The summed E-state index contributed by atoms with van der Waals surface area (Å²) in [5.74, 6) is -0.177. The van der Waals surface area contributed by atoms with E-state index in [0.717, 1.165) is 16.9 Å². The fourth-order valence-electron chi connectivity index (χ4n) is 2.62. The number of carbonyl (C=O) groups excluding carboxylic acids is 1. The van der Waals surface area contributed by atoms with Crippen LogP contribution in [0.1, 0.15) is 32.7 Å². The van der Waals surface area contributed by atoms with Crippen LogP contribution in [0.25, 0.3) is 0 Å². The van der Waals surface area contributed by atoms with Crippen LogP contribution in [0.5, 0.6) is 0 Å². The number of nitrogens with one attached hydrogen (secondary N) is 2. The Bertz CT molecular complexity index is 900. The molecule has 132 valence electrons. The van der Waals surface area contributed by atoms with Crippen molar-refractivity contribution >= 4 is 17.3 Å². The quantitative estimate of drug-likeness (QED) is 0.706. The Morgan fingerprint density at radius 1 is 0.962 bits per heavy atom.